The number of nitrogens with one attached hydrogen (secondary N) is 2. The number of fused-ring (bicyclic) bond motifs is 1. The molecule has 0 saturated heterocycles. The molecule has 2 N–H and O–H groups in total. The van der Waals surface area contributed by atoms with E-state index in [0.29, 0.717) is 33.2 Å². The van der Waals surface area contributed by atoms with E-state index in [4.69, 9.17) is 21.1 Å². The number of rotatable bonds is 7. The number of halogens is 1. The molecule has 0 saturated carbocycles. The fraction of sp³-hybridized carbons (Fsp3) is 0.167. The van der Waals surface area contributed by atoms with E-state index in [9.17, 15) is 8.42 Å². The molecular weight excluding hydrogens is 476 g/mol. The summed E-state index contributed by atoms with van der Waals surface area (Å²) < 4.78 is 39.7. The number of anilines is 3. The van der Waals surface area contributed by atoms with Crippen molar-refractivity contribution in [3.63, 3.8) is 0 Å². The lowest BCUT2D eigenvalue weighted by Gasteiger charge is -2.17. The molecule has 8 nitrogen and oxygen atoms in total. The summed E-state index contributed by atoms with van der Waals surface area (Å²) in [6.07, 6.45) is 0. The Kier molecular flexibility index (Phi) is 6.49. The predicted molar refractivity (Wildman–Crippen MR) is 134 cm³/mol. The topological polar surface area (TPSA) is 102 Å². The van der Waals surface area contributed by atoms with Crippen molar-refractivity contribution >= 4 is 50.0 Å². The number of aromatic nitrogens is 2. The average Bonchev–Trinajstić information content (AvgIpc) is 2.81. The monoisotopic (exact) mass is 498 g/mol. The maximum atomic E-state index is 13.2. The minimum absolute atomic E-state index is 0.0333. The Morgan fingerprint density at radius 1 is 0.824 bits per heavy atom. The summed E-state index contributed by atoms with van der Waals surface area (Å²) in [5.74, 6) is 1.08. The van der Waals surface area contributed by atoms with Crippen LogP contribution < -0.4 is 19.5 Å². The van der Waals surface area contributed by atoms with Crippen molar-refractivity contribution < 1.29 is 17.9 Å². The average molecular weight is 499 g/mol. The van der Waals surface area contributed by atoms with Crippen LogP contribution in [0.4, 0.5) is 17.3 Å². The number of aryl methyl sites for hydroxylation is 2. The minimum atomic E-state index is -3.94. The molecule has 176 valence electrons. The molecule has 0 aliphatic rings. The van der Waals surface area contributed by atoms with Crippen LogP contribution in [0.15, 0.2) is 59.5 Å². The van der Waals surface area contributed by atoms with Gasteiger partial charge in [0.15, 0.2) is 11.6 Å². The van der Waals surface area contributed by atoms with E-state index in [-0.39, 0.29) is 16.5 Å². The first kappa shape index (κ1) is 23.6. The Labute approximate surface area is 203 Å². The zero-order chi connectivity index (χ0) is 24.5. The number of nitrogens with zero attached hydrogens (tertiary/aromatic N) is 2. The van der Waals surface area contributed by atoms with E-state index in [1.54, 1.807) is 48.5 Å². The molecule has 0 radical (unpaired) electrons. The van der Waals surface area contributed by atoms with Crippen LogP contribution in [0.3, 0.4) is 0 Å². The standard InChI is InChI=1S/C24H23ClN4O4S/c1-14-9-10-16(11-15(14)2)34(30,31)29-24-23(26-18-7-5-6-8-19(18)27-24)28-20-12-17(25)21(32-3)13-22(20)33-4/h5-13H,1-4H3,(H,26,28)(H,27,29). The molecule has 0 fully saturated rings. The second kappa shape index (κ2) is 9.36. The van der Waals surface area contributed by atoms with Gasteiger partial charge in [-0.15, -0.1) is 0 Å². The smallest absolute Gasteiger partial charge is 0.263 e. The molecule has 0 aliphatic carbocycles. The second-order valence-corrected chi connectivity index (χ2v) is 9.66. The van der Waals surface area contributed by atoms with Gasteiger partial charge in [-0.1, -0.05) is 29.8 Å². The zero-order valence-corrected chi connectivity index (χ0v) is 20.6. The molecule has 0 bridgehead atoms. The number of ether oxygens (including phenoxy) is 2. The Hall–Kier alpha value is -3.56. The van der Waals surface area contributed by atoms with Gasteiger partial charge in [-0.05, 0) is 55.3 Å². The lowest BCUT2D eigenvalue weighted by molar-refractivity contribution is 0.396. The summed E-state index contributed by atoms with van der Waals surface area (Å²) in [5.41, 5.74) is 3.44. The molecule has 0 spiro atoms. The third-order valence-corrected chi connectivity index (χ3v) is 6.95. The van der Waals surface area contributed by atoms with Crippen molar-refractivity contribution in [2.45, 2.75) is 18.7 Å². The Morgan fingerprint density at radius 2 is 1.47 bits per heavy atom. The molecule has 4 aromatic rings. The fourth-order valence-electron chi connectivity index (χ4n) is 3.31. The molecule has 4 rings (SSSR count). The number of methoxy groups -OCH3 is 2. The maximum Gasteiger partial charge on any atom is 0.263 e. The first-order chi connectivity index (χ1) is 16.2. The van der Waals surface area contributed by atoms with E-state index in [2.05, 4.69) is 20.0 Å². The highest BCUT2D eigenvalue weighted by Crippen LogP contribution is 2.38. The van der Waals surface area contributed by atoms with Crippen LogP contribution in [0.1, 0.15) is 11.1 Å². The van der Waals surface area contributed by atoms with Crippen molar-refractivity contribution in [2.75, 3.05) is 24.3 Å². The first-order valence-electron chi connectivity index (χ1n) is 10.3. The quantitative estimate of drug-likeness (QED) is 0.348. The second-order valence-electron chi connectivity index (χ2n) is 7.57. The number of hydrogen-bond donors (Lipinski definition) is 2. The number of para-hydroxylation sites is 2. The molecule has 10 heteroatoms. The van der Waals surface area contributed by atoms with Crippen LogP contribution in [0.25, 0.3) is 11.0 Å². The predicted octanol–water partition coefficient (Wildman–Crippen LogP) is 5.46. The maximum absolute atomic E-state index is 13.2. The highest BCUT2D eigenvalue weighted by Gasteiger charge is 2.21. The molecular formula is C24H23ClN4O4S. The normalized spacial score (nSPS) is 11.3. The van der Waals surface area contributed by atoms with E-state index in [0.717, 1.165) is 11.1 Å². The highest BCUT2D eigenvalue weighted by molar-refractivity contribution is 7.92. The third-order valence-electron chi connectivity index (χ3n) is 5.32. The van der Waals surface area contributed by atoms with Crippen molar-refractivity contribution in [2.24, 2.45) is 0 Å². The van der Waals surface area contributed by atoms with Gasteiger partial charge in [-0.25, -0.2) is 18.4 Å². The molecule has 0 aliphatic heterocycles. The Balaban J connectivity index is 1.81. The third kappa shape index (κ3) is 4.71. The van der Waals surface area contributed by atoms with Crippen molar-refractivity contribution in [1.82, 2.24) is 9.97 Å². The Bertz CT molecular complexity index is 1490. The van der Waals surface area contributed by atoms with Gasteiger partial charge in [0.25, 0.3) is 10.0 Å². The van der Waals surface area contributed by atoms with Crippen molar-refractivity contribution in [1.29, 1.82) is 0 Å². The first-order valence-corrected chi connectivity index (χ1v) is 12.1. The lowest BCUT2D eigenvalue weighted by Crippen LogP contribution is -2.16. The van der Waals surface area contributed by atoms with Crippen molar-refractivity contribution in [3.8, 4) is 11.5 Å². The summed E-state index contributed by atoms with van der Waals surface area (Å²) in [5, 5.41) is 3.45. The number of sulfonamides is 1. The van der Waals surface area contributed by atoms with E-state index < -0.39 is 10.0 Å². The van der Waals surface area contributed by atoms with Crippen LogP contribution in [0.5, 0.6) is 11.5 Å². The van der Waals surface area contributed by atoms with Gasteiger partial charge in [0.05, 0.1) is 40.9 Å². The summed E-state index contributed by atoms with van der Waals surface area (Å²) in [6, 6.07) is 15.3. The molecule has 3 aromatic carbocycles. The summed E-state index contributed by atoms with van der Waals surface area (Å²) >= 11 is 6.31. The minimum Gasteiger partial charge on any atom is -0.495 e. The summed E-state index contributed by atoms with van der Waals surface area (Å²) in [6.45, 7) is 3.78. The van der Waals surface area contributed by atoms with Gasteiger partial charge < -0.3 is 14.8 Å². The zero-order valence-electron chi connectivity index (χ0n) is 19.0. The lowest BCUT2D eigenvalue weighted by atomic mass is 10.1. The van der Waals surface area contributed by atoms with Crippen LogP contribution in [0, 0.1) is 13.8 Å². The van der Waals surface area contributed by atoms with E-state index in [1.807, 2.05) is 19.9 Å². The molecule has 1 heterocycles. The van der Waals surface area contributed by atoms with Gasteiger partial charge in [-0.2, -0.15) is 0 Å². The molecule has 1 aromatic heterocycles. The van der Waals surface area contributed by atoms with Crippen LogP contribution in [-0.2, 0) is 10.0 Å². The van der Waals surface area contributed by atoms with Gasteiger partial charge >= 0.3 is 0 Å². The Morgan fingerprint density at radius 3 is 2.09 bits per heavy atom. The summed E-state index contributed by atoms with van der Waals surface area (Å²) in [4.78, 5) is 9.24. The molecule has 0 amide bonds. The summed E-state index contributed by atoms with van der Waals surface area (Å²) in [7, 11) is -0.935. The van der Waals surface area contributed by atoms with Gasteiger partial charge in [0.2, 0.25) is 0 Å². The van der Waals surface area contributed by atoms with Crippen LogP contribution >= 0.6 is 11.6 Å². The molecule has 0 unspecified atom stereocenters. The number of hydrogen-bond acceptors (Lipinski definition) is 7. The van der Waals surface area contributed by atoms with Gasteiger partial charge in [-0.3, -0.25) is 4.72 Å². The van der Waals surface area contributed by atoms with Crippen LogP contribution in [-0.4, -0.2) is 32.6 Å². The molecule has 34 heavy (non-hydrogen) atoms. The number of benzene rings is 3. The fourth-order valence-corrected chi connectivity index (χ4v) is 4.65. The van der Waals surface area contributed by atoms with Gasteiger partial charge in [0, 0.05) is 6.07 Å². The molecule has 0 atom stereocenters. The van der Waals surface area contributed by atoms with E-state index >= 15 is 0 Å². The van der Waals surface area contributed by atoms with Crippen LogP contribution in [0.2, 0.25) is 5.02 Å². The van der Waals surface area contributed by atoms with Crippen molar-refractivity contribution in [3.05, 3.63) is 70.7 Å². The largest absolute Gasteiger partial charge is 0.495 e. The van der Waals surface area contributed by atoms with Gasteiger partial charge in [0.1, 0.15) is 11.5 Å². The SMILES string of the molecule is COc1cc(OC)c(Nc2nc3ccccc3nc2NS(=O)(=O)c2ccc(C)c(C)c2)cc1Cl. The van der Waals surface area contributed by atoms with E-state index in [1.165, 1.54) is 14.2 Å². The highest BCUT2D eigenvalue weighted by atomic mass is 35.5.